The first-order valence-electron chi connectivity index (χ1n) is 10.8. The van der Waals surface area contributed by atoms with E-state index >= 15 is 0 Å². The predicted molar refractivity (Wildman–Crippen MR) is 112 cm³/mol. The molecule has 1 aromatic carbocycles. The van der Waals surface area contributed by atoms with Gasteiger partial charge in [0.1, 0.15) is 0 Å². The number of rotatable bonds is 7. The fourth-order valence-corrected chi connectivity index (χ4v) is 4.16. The topological polar surface area (TPSA) is 55.8 Å². The van der Waals surface area contributed by atoms with Crippen molar-refractivity contribution in [3.63, 3.8) is 0 Å². The summed E-state index contributed by atoms with van der Waals surface area (Å²) in [6.07, 6.45) is -2.02. The minimum absolute atomic E-state index is 0.136. The normalized spacial score (nSPS) is 19.3. The molecular weight excluding hydrogens is 423 g/mol. The van der Waals surface area contributed by atoms with Crippen LogP contribution in [-0.2, 0) is 25.2 Å². The van der Waals surface area contributed by atoms with Crippen LogP contribution in [0.15, 0.2) is 46.8 Å². The number of carbonyl (C=O) groups excluding carboxylic acids is 2. The van der Waals surface area contributed by atoms with Crippen LogP contribution >= 0.6 is 0 Å². The summed E-state index contributed by atoms with van der Waals surface area (Å²) in [6, 6.07) is 4.72. The lowest BCUT2D eigenvalue weighted by molar-refractivity contribution is -0.140. The highest BCUT2D eigenvalue weighted by Gasteiger charge is 2.44. The van der Waals surface area contributed by atoms with Crippen molar-refractivity contribution in [2.45, 2.75) is 65.1 Å². The average molecular weight is 451 g/mol. The summed E-state index contributed by atoms with van der Waals surface area (Å²) in [7, 11) is 0. The predicted octanol–water partition coefficient (Wildman–Crippen LogP) is 5.33. The van der Waals surface area contributed by atoms with E-state index in [4.69, 9.17) is 9.47 Å². The van der Waals surface area contributed by atoms with Gasteiger partial charge in [-0.15, -0.1) is 0 Å². The van der Waals surface area contributed by atoms with E-state index in [9.17, 15) is 22.8 Å². The minimum Gasteiger partial charge on any atom is -0.463 e. The number of halogens is 3. The lowest BCUT2D eigenvalue weighted by Gasteiger charge is -2.38. The smallest absolute Gasteiger partial charge is 0.416 e. The summed E-state index contributed by atoms with van der Waals surface area (Å²) in [4.78, 5) is 28.1. The number of esters is 2. The molecule has 5 nitrogen and oxygen atoms in total. The molecule has 1 fully saturated rings. The van der Waals surface area contributed by atoms with E-state index in [1.54, 1.807) is 20.8 Å². The summed E-state index contributed by atoms with van der Waals surface area (Å²) in [5.41, 5.74) is 1.43. The number of ether oxygens (including phenoxy) is 2. The van der Waals surface area contributed by atoms with E-state index < -0.39 is 29.6 Å². The van der Waals surface area contributed by atoms with E-state index in [0.29, 0.717) is 23.4 Å². The number of benzene rings is 1. The van der Waals surface area contributed by atoms with E-state index in [2.05, 4.69) is 0 Å². The second-order valence-electron chi connectivity index (χ2n) is 8.01. The van der Waals surface area contributed by atoms with Gasteiger partial charge in [-0.2, -0.15) is 13.2 Å². The van der Waals surface area contributed by atoms with Crippen molar-refractivity contribution in [3.05, 3.63) is 57.9 Å². The van der Waals surface area contributed by atoms with Crippen LogP contribution in [0.3, 0.4) is 0 Å². The fraction of sp³-hybridized carbons (Fsp3) is 0.500. The Morgan fingerprint density at radius 1 is 0.969 bits per heavy atom. The van der Waals surface area contributed by atoms with Crippen LogP contribution < -0.4 is 0 Å². The standard InChI is InChI=1S/C24H28F3NO4/c1-5-13-32-23(30)20-15(4)28(18-11-12-18)14(3)19(22(29)31-6-2)21(20)16-7-9-17(10-8-16)24(25,26)27/h7-10,18,21H,5-6,11-13H2,1-4H3. The third kappa shape index (κ3) is 4.69. The molecule has 1 heterocycles. The molecule has 0 saturated heterocycles. The van der Waals surface area contributed by atoms with Crippen molar-refractivity contribution in [1.29, 1.82) is 0 Å². The van der Waals surface area contributed by atoms with Crippen LogP contribution in [0.5, 0.6) is 0 Å². The molecule has 8 heteroatoms. The number of hydrogen-bond acceptors (Lipinski definition) is 5. The van der Waals surface area contributed by atoms with E-state index in [1.807, 2.05) is 11.8 Å². The summed E-state index contributed by atoms with van der Waals surface area (Å²) in [5, 5.41) is 0. The molecule has 3 rings (SSSR count). The van der Waals surface area contributed by atoms with Gasteiger partial charge in [-0.05, 0) is 57.7 Å². The first-order valence-corrected chi connectivity index (χ1v) is 10.8. The molecule has 0 radical (unpaired) electrons. The maximum Gasteiger partial charge on any atom is 0.416 e. The summed E-state index contributed by atoms with van der Waals surface area (Å²) < 4.78 is 50.0. The molecule has 1 aliphatic heterocycles. The maximum atomic E-state index is 13.1. The minimum atomic E-state index is -4.49. The number of carbonyl (C=O) groups is 2. The fourth-order valence-electron chi connectivity index (χ4n) is 4.16. The van der Waals surface area contributed by atoms with Crippen molar-refractivity contribution in [1.82, 2.24) is 4.90 Å². The van der Waals surface area contributed by atoms with E-state index in [0.717, 1.165) is 25.0 Å². The van der Waals surface area contributed by atoms with Gasteiger partial charge in [0.05, 0.1) is 35.8 Å². The van der Waals surface area contributed by atoms with Gasteiger partial charge in [-0.1, -0.05) is 19.1 Å². The van der Waals surface area contributed by atoms with Crippen molar-refractivity contribution < 1.29 is 32.2 Å². The van der Waals surface area contributed by atoms with Crippen LogP contribution in [-0.4, -0.2) is 36.1 Å². The molecule has 1 aliphatic carbocycles. The molecular formula is C24H28F3NO4. The van der Waals surface area contributed by atoms with Gasteiger partial charge in [0, 0.05) is 17.4 Å². The summed E-state index contributed by atoms with van der Waals surface area (Å²) in [6.45, 7) is 7.48. The third-order valence-electron chi connectivity index (χ3n) is 5.72. The molecule has 2 aliphatic rings. The van der Waals surface area contributed by atoms with Crippen molar-refractivity contribution in [2.24, 2.45) is 0 Å². The van der Waals surface area contributed by atoms with Gasteiger partial charge in [0.15, 0.2) is 0 Å². The first-order chi connectivity index (χ1) is 15.1. The summed E-state index contributed by atoms with van der Waals surface area (Å²) >= 11 is 0. The van der Waals surface area contributed by atoms with Crippen LogP contribution in [0.25, 0.3) is 0 Å². The maximum absolute atomic E-state index is 13.1. The number of allylic oxidation sites excluding steroid dienone is 2. The monoisotopic (exact) mass is 451 g/mol. The van der Waals surface area contributed by atoms with Crippen LogP contribution in [0.1, 0.15) is 64.0 Å². The molecule has 0 aromatic heterocycles. The largest absolute Gasteiger partial charge is 0.463 e. The summed E-state index contributed by atoms with van der Waals surface area (Å²) in [5.74, 6) is -2.04. The van der Waals surface area contributed by atoms with Crippen molar-refractivity contribution in [2.75, 3.05) is 13.2 Å². The molecule has 32 heavy (non-hydrogen) atoms. The van der Waals surface area contributed by atoms with Gasteiger partial charge in [-0.25, -0.2) is 9.59 Å². The van der Waals surface area contributed by atoms with Crippen LogP contribution in [0, 0.1) is 0 Å². The number of alkyl halides is 3. The number of hydrogen-bond donors (Lipinski definition) is 0. The van der Waals surface area contributed by atoms with E-state index in [-0.39, 0.29) is 30.4 Å². The first kappa shape index (κ1) is 23.9. The Hall–Kier alpha value is -2.77. The Bertz CT molecular complexity index is 943. The zero-order chi connectivity index (χ0) is 23.6. The molecule has 1 saturated carbocycles. The zero-order valence-electron chi connectivity index (χ0n) is 18.7. The van der Waals surface area contributed by atoms with E-state index in [1.165, 1.54) is 12.1 Å². The second kappa shape index (κ2) is 9.38. The van der Waals surface area contributed by atoms with Crippen LogP contribution in [0.2, 0.25) is 0 Å². The zero-order valence-corrected chi connectivity index (χ0v) is 18.7. The van der Waals surface area contributed by atoms with Gasteiger partial charge < -0.3 is 14.4 Å². The Balaban J connectivity index is 2.18. The lowest BCUT2D eigenvalue weighted by Crippen LogP contribution is -2.36. The molecule has 1 unspecified atom stereocenters. The van der Waals surface area contributed by atoms with Crippen molar-refractivity contribution in [3.8, 4) is 0 Å². The lowest BCUT2D eigenvalue weighted by atomic mass is 9.79. The quantitative estimate of drug-likeness (QED) is 0.525. The van der Waals surface area contributed by atoms with Gasteiger partial charge >= 0.3 is 18.1 Å². The Morgan fingerprint density at radius 3 is 1.94 bits per heavy atom. The SMILES string of the molecule is CCCOC(=O)C1=C(C)N(C2CC2)C(C)=C(C(=O)OCC)C1c1ccc(C(F)(F)F)cc1. The average Bonchev–Trinajstić information content (AvgIpc) is 3.56. The Morgan fingerprint density at radius 2 is 1.50 bits per heavy atom. The van der Waals surface area contributed by atoms with Gasteiger partial charge in [0.25, 0.3) is 0 Å². The highest BCUT2D eigenvalue weighted by molar-refractivity contribution is 6.00. The molecule has 1 aromatic rings. The van der Waals surface area contributed by atoms with Gasteiger partial charge in [0.2, 0.25) is 0 Å². The molecule has 174 valence electrons. The second-order valence-corrected chi connectivity index (χ2v) is 8.01. The van der Waals surface area contributed by atoms with Crippen LogP contribution in [0.4, 0.5) is 13.2 Å². The molecule has 0 bridgehead atoms. The highest BCUT2D eigenvalue weighted by Crippen LogP contribution is 2.47. The molecule has 0 amide bonds. The molecule has 1 atom stereocenters. The molecule has 0 N–H and O–H groups in total. The Labute approximate surface area is 185 Å². The highest BCUT2D eigenvalue weighted by atomic mass is 19.4. The van der Waals surface area contributed by atoms with Gasteiger partial charge in [-0.3, -0.25) is 0 Å². The van der Waals surface area contributed by atoms with Crippen molar-refractivity contribution >= 4 is 11.9 Å². The molecule has 0 spiro atoms. The number of nitrogens with zero attached hydrogens (tertiary/aromatic N) is 1. The third-order valence-corrected chi connectivity index (χ3v) is 5.72. The Kier molecular flexibility index (Phi) is 7.00.